The molecule has 0 saturated carbocycles. The van der Waals surface area contributed by atoms with Gasteiger partial charge in [-0.1, -0.05) is 0 Å². The van der Waals surface area contributed by atoms with Crippen molar-refractivity contribution in [3.05, 3.63) is 0 Å². The van der Waals surface area contributed by atoms with Crippen LogP contribution in [-0.2, 0) is 19.1 Å². The maximum Gasteiger partial charge on any atom is 0.311 e. The summed E-state index contributed by atoms with van der Waals surface area (Å²) in [5, 5.41) is 2.91. The van der Waals surface area contributed by atoms with Crippen LogP contribution in [0.25, 0.3) is 0 Å². The number of hydrogen-bond acceptors (Lipinski definition) is 5. The van der Waals surface area contributed by atoms with Gasteiger partial charge in [0.25, 0.3) is 0 Å². The molecular formula is C12H19NO4. The standard InChI is InChI=1S/C12H19NO4/c1-8(14)7-13-4-5-16-12(15)10-6-9-2-3-11(10)17-9/h9-11,13H,2-7H2,1H3. The molecule has 2 aliphatic rings. The number of hydrogen-bond donors (Lipinski definition) is 1. The van der Waals surface area contributed by atoms with Gasteiger partial charge in [0, 0.05) is 6.54 Å². The summed E-state index contributed by atoms with van der Waals surface area (Å²) in [5.41, 5.74) is 0. The Bertz CT molecular complexity index is 305. The van der Waals surface area contributed by atoms with E-state index in [0.29, 0.717) is 19.7 Å². The molecule has 2 rings (SSSR count). The molecule has 0 amide bonds. The van der Waals surface area contributed by atoms with Crippen molar-refractivity contribution in [1.82, 2.24) is 5.32 Å². The van der Waals surface area contributed by atoms with E-state index in [4.69, 9.17) is 9.47 Å². The highest BCUT2D eigenvalue weighted by Crippen LogP contribution is 2.39. The molecule has 3 unspecified atom stereocenters. The highest BCUT2D eigenvalue weighted by atomic mass is 16.5. The molecule has 0 aromatic rings. The van der Waals surface area contributed by atoms with Gasteiger partial charge in [-0.3, -0.25) is 9.59 Å². The van der Waals surface area contributed by atoms with Gasteiger partial charge in [-0.2, -0.15) is 0 Å². The highest BCUT2D eigenvalue weighted by Gasteiger charge is 2.45. The van der Waals surface area contributed by atoms with E-state index in [1.165, 1.54) is 6.92 Å². The van der Waals surface area contributed by atoms with Crippen molar-refractivity contribution < 1.29 is 19.1 Å². The summed E-state index contributed by atoms with van der Waals surface area (Å²) in [4.78, 5) is 22.4. The second-order valence-corrected chi connectivity index (χ2v) is 4.76. The number of rotatable bonds is 6. The third-order valence-corrected chi connectivity index (χ3v) is 3.31. The minimum Gasteiger partial charge on any atom is -0.464 e. The first kappa shape index (κ1) is 12.5. The monoisotopic (exact) mass is 241 g/mol. The number of Topliss-reactive ketones (excluding diaryl/α,β-unsaturated/α-hetero) is 1. The van der Waals surface area contributed by atoms with E-state index in [1.54, 1.807) is 0 Å². The molecule has 5 heteroatoms. The van der Waals surface area contributed by atoms with Crippen LogP contribution >= 0.6 is 0 Å². The molecule has 2 fully saturated rings. The Morgan fingerprint density at radius 1 is 1.41 bits per heavy atom. The molecule has 2 bridgehead atoms. The lowest BCUT2D eigenvalue weighted by Gasteiger charge is -2.17. The highest BCUT2D eigenvalue weighted by molar-refractivity contribution is 5.77. The summed E-state index contributed by atoms with van der Waals surface area (Å²) in [6, 6.07) is 0. The minimum atomic E-state index is -0.151. The Hall–Kier alpha value is -0.940. The van der Waals surface area contributed by atoms with Crippen molar-refractivity contribution in [2.45, 2.75) is 38.4 Å². The summed E-state index contributed by atoms with van der Waals surface area (Å²) in [6.07, 6.45) is 3.22. The van der Waals surface area contributed by atoms with Gasteiger partial charge in [-0.15, -0.1) is 0 Å². The molecule has 0 aromatic heterocycles. The fourth-order valence-corrected chi connectivity index (χ4v) is 2.48. The average Bonchev–Trinajstić information content (AvgIpc) is 2.89. The van der Waals surface area contributed by atoms with E-state index in [9.17, 15) is 9.59 Å². The van der Waals surface area contributed by atoms with Crippen LogP contribution in [-0.4, -0.2) is 43.7 Å². The molecule has 0 spiro atoms. The molecule has 2 saturated heterocycles. The minimum absolute atomic E-state index is 0.0680. The van der Waals surface area contributed by atoms with Crippen molar-refractivity contribution in [1.29, 1.82) is 0 Å². The first-order valence-electron chi connectivity index (χ1n) is 6.19. The number of carbonyl (C=O) groups excluding carboxylic acids is 2. The van der Waals surface area contributed by atoms with Crippen LogP contribution in [0.1, 0.15) is 26.2 Å². The van der Waals surface area contributed by atoms with Crippen molar-refractivity contribution in [3.8, 4) is 0 Å². The van der Waals surface area contributed by atoms with Crippen LogP contribution in [0.4, 0.5) is 0 Å². The topological polar surface area (TPSA) is 64.6 Å². The Labute approximate surface area is 101 Å². The van der Waals surface area contributed by atoms with E-state index >= 15 is 0 Å². The molecule has 0 radical (unpaired) electrons. The predicted octanol–water partition coefficient (Wildman–Crippen LogP) is 0.276. The lowest BCUT2D eigenvalue weighted by atomic mass is 9.89. The third kappa shape index (κ3) is 3.26. The third-order valence-electron chi connectivity index (χ3n) is 3.31. The summed E-state index contributed by atoms with van der Waals surface area (Å²) in [6.45, 7) is 2.69. The summed E-state index contributed by atoms with van der Waals surface area (Å²) < 4.78 is 10.8. The van der Waals surface area contributed by atoms with E-state index in [0.717, 1.165) is 19.3 Å². The molecule has 17 heavy (non-hydrogen) atoms. The van der Waals surface area contributed by atoms with Crippen molar-refractivity contribution >= 4 is 11.8 Å². The normalized spacial score (nSPS) is 30.5. The number of fused-ring (bicyclic) bond motifs is 2. The maximum absolute atomic E-state index is 11.7. The van der Waals surface area contributed by atoms with Crippen LogP contribution in [0.5, 0.6) is 0 Å². The largest absolute Gasteiger partial charge is 0.464 e. The molecule has 3 atom stereocenters. The summed E-state index contributed by atoms with van der Waals surface area (Å²) in [7, 11) is 0. The first-order valence-corrected chi connectivity index (χ1v) is 6.19. The van der Waals surface area contributed by atoms with Gasteiger partial charge in [-0.25, -0.2) is 0 Å². The number of carbonyl (C=O) groups is 2. The van der Waals surface area contributed by atoms with Gasteiger partial charge in [0.1, 0.15) is 12.4 Å². The van der Waals surface area contributed by atoms with E-state index in [1.807, 2.05) is 0 Å². The van der Waals surface area contributed by atoms with Crippen LogP contribution in [0.3, 0.4) is 0 Å². The molecule has 2 heterocycles. The Morgan fingerprint density at radius 3 is 2.82 bits per heavy atom. The van der Waals surface area contributed by atoms with Gasteiger partial charge in [0.15, 0.2) is 0 Å². The zero-order valence-corrected chi connectivity index (χ0v) is 10.1. The van der Waals surface area contributed by atoms with Crippen molar-refractivity contribution in [2.24, 2.45) is 5.92 Å². The van der Waals surface area contributed by atoms with Crippen LogP contribution in [0, 0.1) is 5.92 Å². The number of ketones is 1. The molecule has 96 valence electrons. The van der Waals surface area contributed by atoms with Gasteiger partial charge >= 0.3 is 5.97 Å². The van der Waals surface area contributed by atoms with Gasteiger partial charge in [-0.05, 0) is 26.2 Å². The van der Waals surface area contributed by atoms with Gasteiger partial charge in [0.2, 0.25) is 0 Å². The maximum atomic E-state index is 11.7. The quantitative estimate of drug-likeness (QED) is 0.534. The summed E-state index contributed by atoms with van der Waals surface area (Å²) >= 11 is 0. The van der Waals surface area contributed by atoms with E-state index in [2.05, 4.69) is 5.32 Å². The smallest absolute Gasteiger partial charge is 0.311 e. The first-order chi connectivity index (χ1) is 8.16. The summed E-state index contributed by atoms with van der Waals surface area (Å²) in [5.74, 6) is -0.138. The van der Waals surface area contributed by atoms with Crippen LogP contribution < -0.4 is 5.32 Å². The second kappa shape index (κ2) is 5.60. The molecule has 0 aromatic carbocycles. The van der Waals surface area contributed by atoms with Crippen LogP contribution in [0.2, 0.25) is 0 Å². The molecule has 0 aliphatic carbocycles. The zero-order chi connectivity index (χ0) is 12.3. The number of ether oxygens (including phenoxy) is 2. The zero-order valence-electron chi connectivity index (χ0n) is 10.1. The number of nitrogens with one attached hydrogen (secondary N) is 1. The van der Waals surface area contributed by atoms with Gasteiger partial charge in [0.05, 0.1) is 24.7 Å². The molecule has 2 aliphatic heterocycles. The lowest BCUT2D eigenvalue weighted by molar-refractivity contribution is -0.150. The van der Waals surface area contributed by atoms with Crippen LogP contribution in [0.15, 0.2) is 0 Å². The molecule has 1 N–H and O–H groups in total. The fourth-order valence-electron chi connectivity index (χ4n) is 2.48. The van der Waals surface area contributed by atoms with E-state index < -0.39 is 0 Å². The predicted molar refractivity (Wildman–Crippen MR) is 60.5 cm³/mol. The second-order valence-electron chi connectivity index (χ2n) is 4.76. The van der Waals surface area contributed by atoms with Crippen molar-refractivity contribution in [3.63, 3.8) is 0 Å². The molecular weight excluding hydrogens is 222 g/mol. The molecule has 5 nitrogen and oxygen atoms in total. The van der Waals surface area contributed by atoms with E-state index in [-0.39, 0.29) is 29.9 Å². The lowest BCUT2D eigenvalue weighted by Crippen LogP contribution is -2.30. The SMILES string of the molecule is CC(=O)CNCCOC(=O)C1CC2CCC1O2. The fraction of sp³-hybridized carbons (Fsp3) is 0.833. The Morgan fingerprint density at radius 2 is 2.24 bits per heavy atom. The van der Waals surface area contributed by atoms with Crippen molar-refractivity contribution in [2.75, 3.05) is 19.7 Å². The Kier molecular flexibility index (Phi) is 4.12. The number of esters is 1. The van der Waals surface area contributed by atoms with Gasteiger partial charge < -0.3 is 14.8 Å². The Balaban J connectivity index is 1.60. The average molecular weight is 241 g/mol.